The number of rotatable bonds is 19. The van der Waals surface area contributed by atoms with Crippen LogP contribution in [0.1, 0.15) is 140 Å². The zero-order chi connectivity index (χ0) is 27.6. The number of aromatic nitrogens is 1. The fourth-order valence-electron chi connectivity index (χ4n) is 4.87. The van der Waals surface area contributed by atoms with Crippen LogP contribution in [0.25, 0.3) is 0 Å². The van der Waals surface area contributed by atoms with Crippen LogP contribution in [0.5, 0.6) is 5.75 Å². The Balaban J connectivity index is 1.75. The molecule has 0 bridgehead atoms. The second kappa shape index (κ2) is 18.0. The number of hydrogen-bond acceptors (Lipinski definition) is 2. The van der Waals surface area contributed by atoms with Crippen molar-refractivity contribution in [1.82, 2.24) is 5.32 Å². The lowest BCUT2D eigenvalue weighted by Gasteiger charge is -2.23. The fourth-order valence-corrected chi connectivity index (χ4v) is 4.87. The third-order valence-corrected chi connectivity index (χ3v) is 7.16. The van der Waals surface area contributed by atoms with Crippen LogP contribution in [0.15, 0.2) is 42.7 Å². The molecule has 0 unspecified atom stereocenters. The highest BCUT2D eigenvalue weighted by Gasteiger charge is 2.21. The number of aryl methyl sites for hydroxylation is 1. The van der Waals surface area contributed by atoms with Crippen LogP contribution in [-0.4, -0.2) is 12.5 Å². The zero-order valence-electron chi connectivity index (χ0n) is 25.1. The van der Waals surface area contributed by atoms with Crippen LogP contribution in [-0.2, 0) is 18.5 Å². The number of hydrogen-bond donors (Lipinski definition) is 1. The topological polar surface area (TPSA) is 42.2 Å². The molecule has 0 saturated carbocycles. The molecule has 0 radical (unpaired) electrons. The Morgan fingerprint density at radius 3 is 2.08 bits per heavy atom. The standard InChI is InChI=1S/C34H54N2O2/c1-6-8-9-10-11-12-13-14-15-16-17-18-25-38-32-22-21-30(26-31(32)34(3,4)5)33(37)35-27-29-20-19-24-36(28-29)23-7-2/h19-22,24,26,28H,6-18,23,25,27H2,1-5H3/p+1. The quantitative estimate of drug-likeness (QED) is 0.148. The first-order valence-electron chi connectivity index (χ1n) is 15.4. The number of pyridine rings is 1. The summed E-state index contributed by atoms with van der Waals surface area (Å²) in [6.45, 7) is 13.2. The Morgan fingerprint density at radius 1 is 0.842 bits per heavy atom. The molecular formula is C34H55N2O2+. The van der Waals surface area contributed by atoms with E-state index in [9.17, 15) is 4.79 Å². The molecule has 1 heterocycles. The van der Waals surface area contributed by atoms with Crippen LogP contribution in [0.2, 0.25) is 0 Å². The van der Waals surface area contributed by atoms with Gasteiger partial charge < -0.3 is 10.1 Å². The molecule has 212 valence electrons. The maximum Gasteiger partial charge on any atom is 0.251 e. The molecule has 1 N–H and O–H groups in total. The predicted molar refractivity (Wildman–Crippen MR) is 160 cm³/mol. The molecule has 1 aromatic heterocycles. The molecule has 0 fully saturated rings. The Hall–Kier alpha value is -2.36. The largest absolute Gasteiger partial charge is 0.493 e. The van der Waals surface area contributed by atoms with Crippen molar-refractivity contribution in [3.8, 4) is 5.75 Å². The molecule has 1 amide bonds. The van der Waals surface area contributed by atoms with Gasteiger partial charge >= 0.3 is 0 Å². The molecule has 0 saturated heterocycles. The summed E-state index contributed by atoms with van der Waals surface area (Å²) < 4.78 is 8.39. The number of carbonyl (C=O) groups excluding carboxylic acids is 1. The molecule has 0 spiro atoms. The van der Waals surface area contributed by atoms with E-state index >= 15 is 0 Å². The van der Waals surface area contributed by atoms with Crippen molar-refractivity contribution >= 4 is 5.91 Å². The summed E-state index contributed by atoms with van der Waals surface area (Å²) in [7, 11) is 0. The monoisotopic (exact) mass is 523 g/mol. The molecule has 4 nitrogen and oxygen atoms in total. The van der Waals surface area contributed by atoms with Gasteiger partial charge in [0.2, 0.25) is 0 Å². The van der Waals surface area contributed by atoms with Crippen LogP contribution in [0.4, 0.5) is 0 Å². The van der Waals surface area contributed by atoms with E-state index in [2.05, 4.69) is 63.0 Å². The molecule has 0 aliphatic carbocycles. The first kappa shape index (κ1) is 31.9. The van der Waals surface area contributed by atoms with Gasteiger partial charge in [-0.15, -0.1) is 0 Å². The van der Waals surface area contributed by atoms with Crippen molar-refractivity contribution in [1.29, 1.82) is 0 Å². The van der Waals surface area contributed by atoms with E-state index in [-0.39, 0.29) is 11.3 Å². The zero-order valence-corrected chi connectivity index (χ0v) is 25.1. The SMILES string of the molecule is CCCCCCCCCCCCCCOc1ccc(C(=O)NCc2ccc[n+](CCC)c2)cc1C(C)(C)C. The lowest BCUT2D eigenvalue weighted by atomic mass is 9.85. The van der Waals surface area contributed by atoms with Gasteiger partial charge in [-0.25, -0.2) is 4.57 Å². The fraction of sp³-hybridized carbons (Fsp3) is 0.647. The molecule has 0 aliphatic heterocycles. The number of amides is 1. The van der Waals surface area contributed by atoms with Gasteiger partial charge in [-0.05, 0) is 36.1 Å². The van der Waals surface area contributed by atoms with E-state index in [1.807, 2.05) is 24.3 Å². The van der Waals surface area contributed by atoms with E-state index < -0.39 is 0 Å². The summed E-state index contributed by atoms with van der Waals surface area (Å²) in [5.41, 5.74) is 2.77. The molecule has 0 atom stereocenters. The Bertz CT molecular complexity index is 932. The second-order valence-electron chi connectivity index (χ2n) is 11.8. The van der Waals surface area contributed by atoms with E-state index in [0.29, 0.717) is 12.1 Å². The molecule has 2 aromatic rings. The molecular weight excluding hydrogens is 468 g/mol. The van der Waals surface area contributed by atoms with Gasteiger partial charge in [-0.1, -0.05) is 105 Å². The minimum absolute atomic E-state index is 0.0473. The van der Waals surface area contributed by atoms with Crippen molar-refractivity contribution in [2.75, 3.05) is 6.61 Å². The first-order chi connectivity index (χ1) is 18.3. The third-order valence-electron chi connectivity index (χ3n) is 7.16. The molecule has 1 aromatic carbocycles. The van der Waals surface area contributed by atoms with Gasteiger partial charge in [0.05, 0.1) is 6.61 Å². The van der Waals surface area contributed by atoms with Gasteiger partial charge in [-0.2, -0.15) is 0 Å². The second-order valence-corrected chi connectivity index (χ2v) is 11.8. The summed E-state index contributed by atoms with van der Waals surface area (Å²) >= 11 is 0. The van der Waals surface area contributed by atoms with Crippen molar-refractivity contribution in [3.05, 3.63) is 59.4 Å². The van der Waals surface area contributed by atoms with Gasteiger partial charge in [0.25, 0.3) is 5.91 Å². The van der Waals surface area contributed by atoms with Crippen molar-refractivity contribution in [2.45, 2.75) is 137 Å². The Labute approximate surface area is 233 Å². The number of nitrogens with one attached hydrogen (secondary N) is 1. The maximum absolute atomic E-state index is 12.9. The summed E-state index contributed by atoms with van der Waals surface area (Å²) in [4.78, 5) is 12.9. The predicted octanol–water partition coefficient (Wildman–Crippen LogP) is 8.69. The third kappa shape index (κ3) is 12.5. The molecule has 2 rings (SSSR count). The summed E-state index contributed by atoms with van der Waals surface area (Å²) in [6.07, 6.45) is 21.3. The average Bonchev–Trinajstić information content (AvgIpc) is 2.90. The molecule has 0 aliphatic rings. The number of unbranched alkanes of at least 4 members (excludes halogenated alkanes) is 11. The summed E-state index contributed by atoms with van der Waals surface area (Å²) in [6, 6.07) is 9.98. The number of nitrogens with zero attached hydrogens (tertiary/aromatic N) is 1. The first-order valence-corrected chi connectivity index (χ1v) is 15.4. The highest BCUT2D eigenvalue weighted by atomic mass is 16.5. The maximum atomic E-state index is 12.9. The lowest BCUT2D eigenvalue weighted by Crippen LogP contribution is -2.34. The highest BCUT2D eigenvalue weighted by molar-refractivity contribution is 5.94. The summed E-state index contributed by atoms with van der Waals surface area (Å²) in [5, 5.41) is 3.09. The smallest absolute Gasteiger partial charge is 0.251 e. The van der Waals surface area contributed by atoms with Crippen LogP contribution < -0.4 is 14.6 Å². The Morgan fingerprint density at radius 2 is 1.47 bits per heavy atom. The van der Waals surface area contributed by atoms with Crippen molar-refractivity contribution in [2.24, 2.45) is 0 Å². The summed E-state index contributed by atoms with van der Waals surface area (Å²) in [5.74, 6) is 0.856. The average molecular weight is 524 g/mol. The number of ether oxygens (including phenoxy) is 1. The lowest BCUT2D eigenvalue weighted by molar-refractivity contribution is -0.697. The van der Waals surface area contributed by atoms with E-state index in [0.717, 1.165) is 42.9 Å². The van der Waals surface area contributed by atoms with Crippen LogP contribution in [0.3, 0.4) is 0 Å². The number of benzene rings is 1. The molecule has 38 heavy (non-hydrogen) atoms. The molecule has 4 heteroatoms. The minimum atomic E-state index is -0.104. The highest BCUT2D eigenvalue weighted by Crippen LogP contribution is 2.32. The van der Waals surface area contributed by atoms with Crippen LogP contribution >= 0.6 is 0 Å². The van der Waals surface area contributed by atoms with Gasteiger partial charge in [-0.3, -0.25) is 4.79 Å². The normalized spacial score (nSPS) is 11.5. The van der Waals surface area contributed by atoms with Crippen molar-refractivity contribution < 1.29 is 14.1 Å². The van der Waals surface area contributed by atoms with E-state index in [1.165, 1.54) is 70.6 Å². The van der Waals surface area contributed by atoms with Gasteiger partial charge in [0.15, 0.2) is 12.4 Å². The van der Waals surface area contributed by atoms with Gasteiger partial charge in [0.1, 0.15) is 12.3 Å². The van der Waals surface area contributed by atoms with Crippen molar-refractivity contribution in [3.63, 3.8) is 0 Å². The van der Waals surface area contributed by atoms with E-state index in [4.69, 9.17) is 4.74 Å². The van der Waals surface area contributed by atoms with Crippen LogP contribution in [0, 0.1) is 0 Å². The van der Waals surface area contributed by atoms with Gasteiger partial charge in [0, 0.05) is 35.7 Å². The number of carbonyl (C=O) groups is 1. The minimum Gasteiger partial charge on any atom is -0.493 e. The Kier molecular flexibility index (Phi) is 15.1. The van der Waals surface area contributed by atoms with E-state index in [1.54, 1.807) is 0 Å².